The fourth-order valence-corrected chi connectivity index (χ4v) is 1.40. The third-order valence-electron chi connectivity index (χ3n) is 2.69. The maximum atomic E-state index is 11.4. The summed E-state index contributed by atoms with van der Waals surface area (Å²) >= 11 is 0. The van der Waals surface area contributed by atoms with E-state index in [2.05, 4.69) is 10.6 Å². The summed E-state index contributed by atoms with van der Waals surface area (Å²) in [6.07, 6.45) is 1.18. The van der Waals surface area contributed by atoms with Gasteiger partial charge >= 0.3 is 18.0 Å². The summed E-state index contributed by atoms with van der Waals surface area (Å²) in [4.78, 5) is 32.5. The number of carbonyl (C=O) groups is 3. The molecule has 0 aliphatic rings. The Hall–Kier alpha value is -1.79. The van der Waals surface area contributed by atoms with Crippen molar-refractivity contribution in [3.63, 3.8) is 0 Å². The minimum atomic E-state index is -1.41. The summed E-state index contributed by atoms with van der Waals surface area (Å²) in [5, 5.41) is 21.9. The smallest absolute Gasteiger partial charge is 0.326 e. The zero-order valence-corrected chi connectivity index (χ0v) is 10.6. The Labute approximate surface area is 106 Å². The van der Waals surface area contributed by atoms with E-state index < -0.39 is 30.4 Å². The molecule has 0 aromatic rings. The van der Waals surface area contributed by atoms with E-state index in [1.807, 2.05) is 13.8 Å². The van der Waals surface area contributed by atoms with E-state index in [4.69, 9.17) is 10.2 Å². The first kappa shape index (κ1) is 16.2. The van der Waals surface area contributed by atoms with Crippen LogP contribution in [0.2, 0.25) is 0 Å². The van der Waals surface area contributed by atoms with Crippen LogP contribution < -0.4 is 10.6 Å². The van der Waals surface area contributed by atoms with E-state index in [0.717, 1.165) is 12.8 Å². The second-order valence-corrected chi connectivity index (χ2v) is 4.03. The van der Waals surface area contributed by atoms with E-state index >= 15 is 0 Å². The SMILES string of the molecule is CCC(CC)CNC(=O)N[C@@H](CC(=O)O)C(=O)O. The van der Waals surface area contributed by atoms with E-state index in [0.29, 0.717) is 12.5 Å². The molecule has 0 aromatic heterocycles. The van der Waals surface area contributed by atoms with Gasteiger partial charge in [-0.1, -0.05) is 26.7 Å². The van der Waals surface area contributed by atoms with Crippen LogP contribution in [0.1, 0.15) is 33.1 Å². The van der Waals surface area contributed by atoms with Gasteiger partial charge < -0.3 is 20.8 Å². The Kier molecular flexibility index (Phi) is 7.50. The molecule has 0 aliphatic heterocycles. The number of nitrogens with one attached hydrogen (secondary N) is 2. The lowest BCUT2D eigenvalue weighted by Crippen LogP contribution is -2.47. The van der Waals surface area contributed by atoms with Crippen molar-refractivity contribution in [2.45, 2.75) is 39.2 Å². The van der Waals surface area contributed by atoms with E-state index in [9.17, 15) is 14.4 Å². The van der Waals surface area contributed by atoms with Crippen molar-refractivity contribution < 1.29 is 24.6 Å². The molecule has 0 aromatic carbocycles. The topological polar surface area (TPSA) is 116 Å². The van der Waals surface area contributed by atoms with E-state index in [1.165, 1.54) is 0 Å². The van der Waals surface area contributed by atoms with Gasteiger partial charge in [0, 0.05) is 6.54 Å². The number of aliphatic carboxylic acids is 2. The molecule has 0 rings (SSSR count). The number of hydrogen-bond donors (Lipinski definition) is 4. The van der Waals surface area contributed by atoms with Crippen LogP contribution in [0.3, 0.4) is 0 Å². The Morgan fingerprint density at radius 3 is 2.06 bits per heavy atom. The third-order valence-corrected chi connectivity index (χ3v) is 2.69. The average molecular weight is 260 g/mol. The Bertz CT molecular complexity index is 302. The highest BCUT2D eigenvalue weighted by molar-refractivity contribution is 5.86. The largest absolute Gasteiger partial charge is 0.481 e. The quantitative estimate of drug-likeness (QED) is 0.511. The lowest BCUT2D eigenvalue weighted by Gasteiger charge is -2.16. The molecule has 0 radical (unpaired) electrons. The van der Waals surface area contributed by atoms with E-state index in [1.54, 1.807) is 0 Å². The van der Waals surface area contributed by atoms with Crippen molar-refractivity contribution in [2.75, 3.05) is 6.54 Å². The third kappa shape index (κ3) is 6.72. The molecule has 0 bridgehead atoms. The molecular weight excluding hydrogens is 240 g/mol. The molecule has 2 amide bonds. The van der Waals surface area contributed by atoms with Gasteiger partial charge in [0.25, 0.3) is 0 Å². The van der Waals surface area contributed by atoms with Crippen molar-refractivity contribution in [3.8, 4) is 0 Å². The first-order valence-electron chi connectivity index (χ1n) is 5.89. The number of carbonyl (C=O) groups excluding carboxylic acids is 1. The molecule has 0 fully saturated rings. The second kappa shape index (κ2) is 8.32. The number of amides is 2. The maximum Gasteiger partial charge on any atom is 0.326 e. The van der Waals surface area contributed by atoms with Gasteiger partial charge in [0.1, 0.15) is 6.04 Å². The average Bonchev–Trinajstić information content (AvgIpc) is 2.28. The van der Waals surface area contributed by atoms with Crippen molar-refractivity contribution in [1.29, 1.82) is 0 Å². The van der Waals surface area contributed by atoms with Crippen molar-refractivity contribution in [3.05, 3.63) is 0 Å². The van der Waals surface area contributed by atoms with Gasteiger partial charge in [-0.3, -0.25) is 4.79 Å². The molecule has 7 nitrogen and oxygen atoms in total. The van der Waals surface area contributed by atoms with Crippen LogP contribution in [-0.4, -0.2) is 40.8 Å². The predicted molar refractivity (Wildman–Crippen MR) is 64.3 cm³/mol. The van der Waals surface area contributed by atoms with Gasteiger partial charge in [0.2, 0.25) is 0 Å². The molecule has 0 saturated carbocycles. The van der Waals surface area contributed by atoms with Gasteiger partial charge in [-0.2, -0.15) is 0 Å². The maximum absolute atomic E-state index is 11.4. The molecule has 0 heterocycles. The molecular formula is C11H20N2O5. The molecule has 0 saturated heterocycles. The summed E-state index contributed by atoms with van der Waals surface area (Å²) in [6.45, 7) is 4.44. The molecule has 104 valence electrons. The first-order chi connectivity index (χ1) is 8.40. The summed E-state index contributed by atoms with van der Waals surface area (Å²) in [7, 11) is 0. The Morgan fingerprint density at radius 2 is 1.67 bits per heavy atom. The number of carboxylic acids is 2. The number of hydrogen-bond acceptors (Lipinski definition) is 3. The monoisotopic (exact) mass is 260 g/mol. The van der Waals surface area contributed by atoms with Crippen LogP contribution in [0, 0.1) is 5.92 Å². The van der Waals surface area contributed by atoms with Crippen LogP contribution in [-0.2, 0) is 9.59 Å². The summed E-state index contributed by atoms with van der Waals surface area (Å²) in [5.74, 6) is -2.31. The standard InChI is InChI=1S/C11H20N2O5/c1-3-7(4-2)6-12-11(18)13-8(10(16)17)5-9(14)15/h7-8H,3-6H2,1-2H3,(H,14,15)(H,16,17)(H2,12,13,18)/t8-/m0/s1. The van der Waals surface area contributed by atoms with Crippen molar-refractivity contribution >= 4 is 18.0 Å². The van der Waals surface area contributed by atoms with Gasteiger partial charge in [-0.15, -0.1) is 0 Å². The molecule has 18 heavy (non-hydrogen) atoms. The zero-order valence-electron chi connectivity index (χ0n) is 10.6. The van der Waals surface area contributed by atoms with Crippen LogP contribution in [0.25, 0.3) is 0 Å². The molecule has 0 unspecified atom stereocenters. The Balaban J connectivity index is 4.17. The van der Waals surface area contributed by atoms with Crippen LogP contribution in [0.5, 0.6) is 0 Å². The lowest BCUT2D eigenvalue weighted by atomic mass is 10.0. The fraction of sp³-hybridized carbons (Fsp3) is 0.727. The molecule has 1 atom stereocenters. The van der Waals surface area contributed by atoms with Crippen molar-refractivity contribution in [1.82, 2.24) is 10.6 Å². The molecule has 0 spiro atoms. The van der Waals surface area contributed by atoms with E-state index in [-0.39, 0.29) is 0 Å². The normalized spacial score (nSPS) is 11.9. The Morgan fingerprint density at radius 1 is 1.11 bits per heavy atom. The minimum absolute atomic E-state index is 0.332. The molecule has 4 N–H and O–H groups in total. The number of rotatable bonds is 8. The predicted octanol–water partition coefficient (Wildman–Crippen LogP) is 0.650. The van der Waals surface area contributed by atoms with Gasteiger partial charge in [-0.25, -0.2) is 9.59 Å². The van der Waals surface area contributed by atoms with Crippen LogP contribution >= 0.6 is 0 Å². The second-order valence-electron chi connectivity index (χ2n) is 4.03. The highest BCUT2D eigenvalue weighted by atomic mass is 16.4. The lowest BCUT2D eigenvalue weighted by molar-refractivity contribution is -0.145. The molecule has 7 heteroatoms. The molecule has 0 aliphatic carbocycles. The zero-order chi connectivity index (χ0) is 14.1. The summed E-state index contributed by atoms with van der Waals surface area (Å²) < 4.78 is 0. The van der Waals surface area contributed by atoms with Crippen LogP contribution in [0.15, 0.2) is 0 Å². The highest BCUT2D eigenvalue weighted by Gasteiger charge is 2.22. The number of carboxylic acid groups (broad SMARTS) is 2. The van der Waals surface area contributed by atoms with Crippen molar-refractivity contribution in [2.24, 2.45) is 5.92 Å². The van der Waals surface area contributed by atoms with Gasteiger partial charge in [0.05, 0.1) is 6.42 Å². The van der Waals surface area contributed by atoms with Crippen LogP contribution in [0.4, 0.5) is 4.79 Å². The first-order valence-corrected chi connectivity index (χ1v) is 5.89. The summed E-state index contributed by atoms with van der Waals surface area (Å²) in [5.41, 5.74) is 0. The minimum Gasteiger partial charge on any atom is -0.481 e. The van der Waals surface area contributed by atoms with Gasteiger partial charge in [-0.05, 0) is 5.92 Å². The highest BCUT2D eigenvalue weighted by Crippen LogP contribution is 2.04. The fourth-order valence-electron chi connectivity index (χ4n) is 1.40. The number of urea groups is 1. The van der Waals surface area contributed by atoms with Gasteiger partial charge in [0.15, 0.2) is 0 Å². The summed E-state index contributed by atoms with van der Waals surface area (Å²) in [6, 6.07) is -2.07.